The smallest absolute Gasteiger partial charge is 0.303 e. The van der Waals surface area contributed by atoms with Crippen molar-refractivity contribution in [1.82, 2.24) is 0 Å². The Morgan fingerprint density at radius 2 is 1.95 bits per heavy atom. The Bertz CT molecular complexity index is 419. The topological polar surface area (TPSA) is 46.5 Å². The van der Waals surface area contributed by atoms with E-state index >= 15 is 0 Å². The zero-order chi connectivity index (χ0) is 14.4. The third-order valence-electron chi connectivity index (χ3n) is 4.38. The minimum atomic E-state index is -0.706. The maximum Gasteiger partial charge on any atom is 0.303 e. The van der Waals surface area contributed by atoms with Crippen molar-refractivity contribution < 1.29 is 14.6 Å². The van der Waals surface area contributed by atoms with E-state index in [1.54, 1.807) is 0 Å². The lowest BCUT2D eigenvalue weighted by Gasteiger charge is -2.38. The predicted molar refractivity (Wildman–Crippen MR) is 78.4 cm³/mol. The molecule has 1 N–H and O–H groups in total. The van der Waals surface area contributed by atoms with E-state index in [4.69, 9.17) is 9.84 Å². The van der Waals surface area contributed by atoms with Gasteiger partial charge in [-0.15, -0.1) is 0 Å². The molecule has 0 atom stereocenters. The van der Waals surface area contributed by atoms with Gasteiger partial charge in [0, 0.05) is 5.41 Å². The minimum Gasteiger partial charge on any atom is -0.481 e. The molecule has 2 rings (SSSR count). The van der Waals surface area contributed by atoms with Gasteiger partial charge in [0.2, 0.25) is 0 Å². The zero-order valence-corrected chi connectivity index (χ0v) is 12.2. The second-order valence-electron chi connectivity index (χ2n) is 6.23. The van der Waals surface area contributed by atoms with Crippen molar-refractivity contribution in [2.24, 2.45) is 11.3 Å². The lowest BCUT2D eigenvalue weighted by atomic mass is 9.69. The van der Waals surface area contributed by atoms with E-state index in [9.17, 15) is 4.79 Å². The van der Waals surface area contributed by atoms with Gasteiger partial charge in [0.1, 0.15) is 0 Å². The van der Waals surface area contributed by atoms with Gasteiger partial charge in [-0.05, 0) is 24.3 Å². The first-order chi connectivity index (χ1) is 9.60. The highest BCUT2D eigenvalue weighted by molar-refractivity contribution is 5.67. The Balaban J connectivity index is 1.89. The molecule has 1 fully saturated rings. The fraction of sp³-hybridized carbons (Fsp3) is 0.588. The van der Waals surface area contributed by atoms with Crippen molar-refractivity contribution in [1.29, 1.82) is 0 Å². The van der Waals surface area contributed by atoms with E-state index in [-0.39, 0.29) is 11.8 Å². The van der Waals surface area contributed by atoms with E-state index < -0.39 is 5.97 Å². The molecule has 110 valence electrons. The number of hydrogen-bond donors (Lipinski definition) is 1. The Kier molecular flexibility index (Phi) is 5.18. The summed E-state index contributed by atoms with van der Waals surface area (Å²) < 4.78 is 5.84. The standard InChI is InChI=1S/C17H24O3/c1-14-7-9-17(10-8-14,11-16(18)19)13-20-12-15-5-3-2-4-6-15/h2-6,14H,7-13H2,1H3,(H,18,19). The lowest BCUT2D eigenvalue weighted by Crippen LogP contribution is -2.34. The van der Waals surface area contributed by atoms with Gasteiger partial charge >= 0.3 is 5.97 Å². The molecular weight excluding hydrogens is 252 g/mol. The van der Waals surface area contributed by atoms with E-state index in [1.165, 1.54) is 0 Å². The van der Waals surface area contributed by atoms with Crippen molar-refractivity contribution in [3.8, 4) is 0 Å². The summed E-state index contributed by atoms with van der Waals surface area (Å²) in [7, 11) is 0. The van der Waals surface area contributed by atoms with Crippen LogP contribution in [-0.2, 0) is 16.1 Å². The Morgan fingerprint density at radius 1 is 1.30 bits per heavy atom. The van der Waals surface area contributed by atoms with Crippen molar-refractivity contribution in [2.75, 3.05) is 6.61 Å². The summed E-state index contributed by atoms with van der Waals surface area (Å²) >= 11 is 0. The molecule has 0 aliphatic heterocycles. The van der Waals surface area contributed by atoms with Crippen LogP contribution in [0, 0.1) is 11.3 Å². The lowest BCUT2D eigenvalue weighted by molar-refractivity contribution is -0.142. The molecule has 3 heteroatoms. The van der Waals surface area contributed by atoms with Crippen LogP contribution in [0.2, 0.25) is 0 Å². The van der Waals surface area contributed by atoms with Gasteiger partial charge in [0.25, 0.3) is 0 Å². The van der Waals surface area contributed by atoms with Crippen LogP contribution in [0.4, 0.5) is 0 Å². The molecule has 0 unspecified atom stereocenters. The molecule has 0 saturated heterocycles. The van der Waals surface area contributed by atoms with Crippen LogP contribution in [0.15, 0.2) is 30.3 Å². The van der Waals surface area contributed by atoms with E-state index in [0.29, 0.717) is 19.1 Å². The van der Waals surface area contributed by atoms with Crippen LogP contribution in [0.25, 0.3) is 0 Å². The molecule has 1 aromatic rings. The first-order valence-corrected chi connectivity index (χ1v) is 7.43. The number of carbonyl (C=O) groups is 1. The first-order valence-electron chi connectivity index (χ1n) is 7.43. The monoisotopic (exact) mass is 276 g/mol. The Labute approximate surface area is 121 Å². The van der Waals surface area contributed by atoms with Gasteiger partial charge in [-0.2, -0.15) is 0 Å². The summed E-state index contributed by atoms with van der Waals surface area (Å²) in [5.74, 6) is 0.00825. The molecule has 1 aliphatic carbocycles. The van der Waals surface area contributed by atoms with E-state index in [0.717, 1.165) is 31.2 Å². The zero-order valence-electron chi connectivity index (χ0n) is 12.2. The average Bonchev–Trinajstić information content (AvgIpc) is 2.43. The summed E-state index contributed by atoms with van der Waals surface area (Å²) in [6, 6.07) is 10.0. The average molecular weight is 276 g/mol. The molecule has 0 aromatic heterocycles. The molecular formula is C17H24O3. The van der Waals surface area contributed by atoms with E-state index in [2.05, 4.69) is 6.92 Å². The third-order valence-corrected chi connectivity index (χ3v) is 4.38. The molecule has 0 bridgehead atoms. The van der Waals surface area contributed by atoms with Crippen LogP contribution in [-0.4, -0.2) is 17.7 Å². The number of rotatable bonds is 6. The molecule has 3 nitrogen and oxygen atoms in total. The summed E-state index contributed by atoms with van der Waals surface area (Å²) in [5.41, 5.74) is 0.981. The fourth-order valence-corrected chi connectivity index (χ4v) is 3.03. The predicted octanol–water partition coefficient (Wildman–Crippen LogP) is 3.87. The second kappa shape index (κ2) is 6.89. The van der Waals surface area contributed by atoms with Crippen molar-refractivity contribution in [3.63, 3.8) is 0 Å². The highest BCUT2D eigenvalue weighted by atomic mass is 16.5. The summed E-state index contributed by atoms with van der Waals surface area (Å²) in [6.45, 7) is 3.37. The quantitative estimate of drug-likeness (QED) is 0.857. The molecule has 0 heterocycles. The molecule has 1 aliphatic rings. The van der Waals surface area contributed by atoms with Gasteiger partial charge in [0.15, 0.2) is 0 Å². The van der Waals surface area contributed by atoms with Gasteiger partial charge < -0.3 is 9.84 Å². The van der Waals surface area contributed by atoms with Gasteiger partial charge in [0.05, 0.1) is 19.6 Å². The number of benzene rings is 1. The Hall–Kier alpha value is -1.35. The number of ether oxygens (including phenoxy) is 1. The minimum absolute atomic E-state index is 0.160. The van der Waals surface area contributed by atoms with Crippen LogP contribution in [0.5, 0.6) is 0 Å². The summed E-state index contributed by atoms with van der Waals surface area (Å²) in [4.78, 5) is 11.1. The SMILES string of the molecule is CC1CCC(COCc2ccccc2)(CC(=O)O)CC1. The van der Waals surface area contributed by atoms with Crippen LogP contribution in [0.1, 0.15) is 44.6 Å². The molecule has 0 spiro atoms. The highest BCUT2D eigenvalue weighted by Gasteiger charge is 2.36. The maximum absolute atomic E-state index is 11.1. The van der Waals surface area contributed by atoms with Crippen molar-refractivity contribution >= 4 is 5.97 Å². The van der Waals surface area contributed by atoms with E-state index in [1.807, 2.05) is 30.3 Å². The largest absolute Gasteiger partial charge is 0.481 e. The van der Waals surface area contributed by atoms with Crippen LogP contribution < -0.4 is 0 Å². The van der Waals surface area contributed by atoms with Gasteiger partial charge in [-0.1, -0.05) is 50.1 Å². The third kappa shape index (κ3) is 4.34. The highest BCUT2D eigenvalue weighted by Crippen LogP contribution is 2.41. The molecule has 0 amide bonds. The Morgan fingerprint density at radius 3 is 2.55 bits per heavy atom. The van der Waals surface area contributed by atoms with Crippen molar-refractivity contribution in [3.05, 3.63) is 35.9 Å². The first kappa shape index (κ1) is 15.0. The van der Waals surface area contributed by atoms with Crippen molar-refractivity contribution in [2.45, 2.75) is 45.6 Å². The molecule has 1 saturated carbocycles. The molecule has 0 radical (unpaired) electrons. The molecule has 20 heavy (non-hydrogen) atoms. The molecule has 1 aromatic carbocycles. The summed E-state index contributed by atoms with van der Waals surface area (Å²) in [5, 5.41) is 9.16. The number of carboxylic acids is 1. The normalized spacial score (nSPS) is 26.4. The number of hydrogen-bond acceptors (Lipinski definition) is 2. The van der Waals surface area contributed by atoms with Crippen LogP contribution >= 0.6 is 0 Å². The van der Waals surface area contributed by atoms with Crippen LogP contribution in [0.3, 0.4) is 0 Å². The van der Waals surface area contributed by atoms with Gasteiger partial charge in [-0.3, -0.25) is 4.79 Å². The fourth-order valence-electron chi connectivity index (χ4n) is 3.03. The summed E-state index contributed by atoms with van der Waals surface area (Å²) in [6.07, 6.45) is 4.39. The number of carboxylic acid groups (broad SMARTS) is 1. The second-order valence-corrected chi connectivity index (χ2v) is 6.23. The van der Waals surface area contributed by atoms with Gasteiger partial charge in [-0.25, -0.2) is 0 Å². The number of aliphatic carboxylic acids is 1. The maximum atomic E-state index is 11.1.